The number of nitrogens with zero attached hydrogens (tertiary/aromatic N) is 4. The average molecular weight is 370 g/mol. The van der Waals surface area contributed by atoms with Crippen molar-refractivity contribution >= 4 is 23.6 Å². The Balaban J connectivity index is 1.42. The largest absolute Gasteiger partial charge is 0.338 e. The van der Waals surface area contributed by atoms with Crippen molar-refractivity contribution in [2.24, 2.45) is 0 Å². The number of carbonyl (C=O) groups excluding carboxylic acids is 2. The lowest BCUT2D eigenvalue weighted by molar-refractivity contribution is -0.129. The van der Waals surface area contributed by atoms with E-state index in [0.29, 0.717) is 37.6 Å². The van der Waals surface area contributed by atoms with Crippen molar-refractivity contribution in [1.29, 1.82) is 0 Å². The Hall–Kier alpha value is -2.41. The zero-order valence-corrected chi connectivity index (χ0v) is 15.6. The number of piperazine rings is 1. The van der Waals surface area contributed by atoms with Crippen LogP contribution in [-0.2, 0) is 10.5 Å². The standard InChI is InChI=1S/C19H22N4O2S/c1-15-2-4-16(5-3-15)13-26-14-18(24)22-8-10-23(11-9-22)19(25)17-12-20-6-7-21-17/h2-7,12H,8-11,13-14H2,1H3. The summed E-state index contributed by atoms with van der Waals surface area (Å²) in [5, 5.41) is 0. The highest BCUT2D eigenvalue weighted by Crippen LogP contribution is 2.15. The van der Waals surface area contributed by atoms with Crippen LogP contribution in [0, 0.1) is 6.92 Å². The molecule has 26 heavy (non-hydrogen) atoms. The molecule has 136 valence electrons. The maximum atomic E-state index is 12.4. The second kappa shape index (κ2) is 8.80. The van der Waals surface area contributed by atoms with Crippen LogP contribution in [-0.4, -0.2) is 63.5 Å². The molecule has 0 spiro atoms. The molecule has 3 rings (SSSR count). The van der Waals surface area contributed by atoms with Gasteiger partial charge >= 0.3 is 0 Å². The molecule has 1 aliphatic heterocycles. The monoisotopic (exact) mass is 370 g/mol. The summed E-state index contributed by atoms with van der Waals surface area (Å²) in [4.78, 5) is 36.3. The van der Waals surface area contributed by atoms with Crippen molar-refractivity contribution in [3.63, 3.8) is 0 Å². The number of hydrogen-bond acceptors (Lipinski definition) is 5. The minimum atomic E-state index is -0.126. The number of aryl methyl sites for hydroxylation is 1. The zero-order chi connectivity index (χ0) is 18.4. The summed E-state index contributed by atoms with van der Waals surface area (Å²) in [5.41, 5.74) is 2.82. The summed E-state index contributed by atoms with van der Waals surface area (Å²) in [7, 11) is 0. The highest BCUT2D eigenvalue weighted by Gasteiger charge is 2.25. The van der Waals surface area contributed by atoms with E-state index in [4.69, 9.17) is 0 Å². The van der Waals surface area contributed by atoms with E-state index < -0.39 is 0 Å². The molecule has 2 amide bonds. The highest BCUT2D eigenvalue weighted by atomic mass is 32.2. The topological polar surface area (TPSA) is 66.4 Å². The molecule has 0 aliphatic carbocycles. The Morgan fingerprint density at radius 2 is 1.73 bits per heavy atom. The lowest BCUT2D eigenvalue weighted by Gasteiger charge is -2.34. The molecule has 1 fully saturated rings. The number of rotatable bonds is 5. The summed E-state index contributed by atoms with van der Waals surface area (Å²) >= 11 is 1.63. The van der Waals surface area contributed by atoms with Gasteiger partial charge in [0, 0.05) is 44.3 Å². The molecular weight excluding hydrogens is 348 g/mol. The molecule has 1 aromatic carbocycles. The van der Waals surface area contributed by atoms with E-state index in [9.17, 15) is 9.59 Å². The van der Waals surface area contributed by atoms with Crippen molar-refractivity contribution in [3.8, 4) is 0 Å². The number of benzene rings is 1. The van der Waals surface area contributed by atoms with Crippen LogP contribution in [0.4, 0.5) is 0 Å². The Labute approximate surface area is 157 Å². The predicted octanol–water partition coefficient (Wildman–Crippen LogP) is 2.00. The molecule has 0 radical (unpaired) electrons. The molecule has 6 nitrogen and oxygen atoms in total. The van der Waals surface area contributed by atoms with Crippen molar-refractivity contribution in [2.75, 3.05) is 31.9 Å². The van der Waals surface area contributed by atoms with E-state index in [1.54, 1.807) is 22.9 Å². The first-order valence-corrected chi connectivity index (χ1v) is 9.75. The number of carbonyl (C=O) groups is 2. The number of hydrogen-bond donors (Lipinski definition) is 0. The van der Waals surface area contributed by atoms with Gasteiger partial charge < -0.3 is 9.80 Å². The Kier molecular flexibility index (Phi) is 6.22. The second-order valence-corrected chi connectivity index (χ2v) is 7.23. The van der Waals surface area contributed by atoms with Gasteiger partial charge in [-0.1, -0.05) is 29.8 Å². The number of amides is 2. The van der Waals surface area contributed by atoms with Crippen LogP contribution in [0.15, 0.2) is 42.9 Å². The average Bonchev–Trinajstić information content (AvgIpc) is 2.69. The summed E-state index contributed by atoms with van der Waals surface area (Å²) in [6, 6.07) is 8.38. The summed E-state index contributed by atoms with van der Waals surface area (Å²) < 4.78 is 0. The van der Waals surface area contributed by atoms with Gasteiger partial charge in [-0.15, -0.1) is 11.8 Å². The van der Waals surface area contributed by atoms with Crippen molar-refractivity contribution in [1.82, 2.24) is 19.8 Å². The van der Waals surface area contributed by atoms with E-state index in [1.807, 2.05) is 4.90 Å². The molecule has 7 heteroatoms. The maximum absolute atomic E-state index is 12.4. The van der Waals surface area contributed by atoms with Crippen LogP contribution in [0.1, 0.15) is 21.6 Å². The van der Waals surface area contributed by atoms with Crippen molar-refractivity contribution in [2.45, 2.75) is 12.7 Å². The molecule has 0 saturated carbocycles. The van der Waals surface area contributed by atoms with E-state index >= 15 is 0 Å². The lowest BCUT2D eigenvalue weighted by atomic mass is 10.2. The van der Waals surface area contributed by atoms with Crippen LogP contribution in [0.3, 0.4) is 0 Å². The van der Waals surface area contributed by atoms with Gasteiger partial charge in [0.1, 0.15) is 5.69 Å². The van der Waals surface area contributed by atoms with E-state index in [0.717, 1.165) is 5.75 Å². The van der Waals surface area contributed by atoms with E-state index in [1.165, 1.54) is 23.5 Å². The fourth-order valence-corrected chi connectivity index (χ4v) is 3.65. The lowest BCUT2D eigenvalue weighted by Crippen LogP contribution is -2.51. The summed E-state index contributed by atoms with van der Waals surface area (Å²) in [6.45, 7) is 4.26. The first-order valence-electron chi connectivity index (χ1n) is 8.60. The normalized spacial score (nSPS) is 14.3. The van der Waals surface area contributed by atoms with Gasteiger partial charge in [0.25, 0.3) is 5.91 Å². The van der Waals surface area contributed by atoms with Crippen molar-refractivity contribution < 1.29 is 9.59 Å². The predicted molar refractivity (Wildman–Crippen MR) is 102 cm³/mol. The van der Waals surface area contributed by atoms with Crippen LogP contribution >= 0.6 is 11.8 Å². The van der Waals surface area contributed by atoms with Gasteiger partial charge in [0.05, 0.1) is 11.9 Å². The van der Waals surface area contributed by atoms with E-state index in [2.05, 4.69) is 41.2 Å². The highest BCUT2D eigenvalue weighted by molar-refractivity contribution is 7.99. The molecule has 0 unspecified atom stereocenters. The molecule has 0 atom stereocenters. The van der Waals surface area contributed by atoms with Gasteiger partial charge in [-0.25, -0.2) is 4.98 Å². The minimum absolute atomic E-state index is 0.126. The third-order valence-electron chi connectivity index (χ3n) is 4.32. The Bertz CT molecular complexity index is 744. The maximum Gasteiger partial charge on any atom is 0.274 e. The minimum Gasteiger partial charge on any atom is -0.338 e. The van der Waals surface area contributed by atoms with Gasteiger partial charge in [-0.05, 0) is 12.5 Å². The molecule has 1 aliphatic rings. The molecule has 0 bridgehead atoms. The SMILES string of the molecule is Cc1ccc(CSCC(=O)N2CCN(C(=O)c3cnccn3)CC2)cc1. The van der Waals surface area contributed by atoms with Crippen LogP contribution in [0.2, 0.25) is 0 Å². The van der Waals surface area contributed by atoms with Crippen molar-refractivity contribution in [3.05, 3.63) is 59.7 Å². The summed E-state index contributed by atoms with van der Waals surface area (Å²) in [6.07, 6.45) is 4.53. The number of aromatic nitrogens is 2. The fraction of sp³-hybridized carbons (Fsp3) is 0.368. The molecule has 1 saturated heterocycles. The quantitative estimate of drug-likeness (QED) is 0.805. The molecule has 2 heterocycles. The third kappa shape index (κ3) is 4.82. The van der Waals surface area contributed by atoms with Gasteiger partial charge in [0.2, 0.25) is 5.91 Å². The van der Waals surface area contributed by atoms with Crippen LogP contribution in [0.25, 0.3) is 0 Å². The van der Waals surface area contributed by atoms with E-state index in [-0.39, 0.29) is 11.8 Å². The zero-order valence-electron chi connectivity index (χ0n) is 14.8. The molecular formula is C19H22N4O2S. The summed E-state index contributed by atoms with van der Waals surface area (Å²) in [5.74, 6) is 1.30. The first-order chi connectivity index (χ1) is 12.6. The van der Waals surface area contributed by atoms with Crippen LogP contribution in [0.5, 0.6) is 0 Å². The van der Waals surface area contributed by atoms with Gasteiger partial charge in [0.15, 0.2) is 0 Å². The fourth-order valence-electron chi connectivity index (χ4n) is 2.76. The third-order valence-corrected chi connectivity index (χ3v) is 5.31. The first kappa shape index (κ1) is 18.4. The van der Waals surface area contributed by atoms with Gasteiger partial charge in [-0.3, -0.25) is 14.6 Å². The molecule has 2 aromatic rings. The Morgan fingerprint density at radius 1 is 1.04 bits per heavy atom. The molecule has 1 aromatic heterocycles. The molecule has 0 N–H and O–H groups in total. The second-order valence-electron chi connectivity index (χ2n) is 6.24. The smallest absolute Gasteiger partial charge is 0.274 e. The van der Waals surface area contributed by atoms with Crippen LogP contribution < -0.4 is 0 Å². The number of thioether (sulfide) groups is 1. The van der Waals surface area contributed by atoms with Gasteiger partial charge in [-0.2, -0.15) is 0 Å². The Morgan fingerprint density at radius 3 is 2.38 bits per heavy atom.